The van der Waals surface area contributed by atoms with Crippen molar-refractivity contribution in [2.45, 2.75) is 68.9 Å². The lowest BCUT2D eigenvalue weighted by molar-refractivity contribution is -0.432. The lowest BCUT2D eigenvalue weighted by atomic mass is 9.78. The van der Waals surface area contributed by atoms with Crippen molar-refractivity contribution in [3.05, 3.63) is 215 Å². The Morgan fingerprint density at radius 1 is 0.471 bits per heavy atom. The van der Waals surface area contributed by atoms with Gasteiger partial charge in [-0.1, -0.05) is 97.2 Å². The first-order valence-electron chi connectivity index (χ1n) is 21.6. The zero-order chi connectivity index (χ0) is 49.8. The van der Waals surface area contributed by atoms with Crippen LogP contribution in [0.15, 0.2) is 211 Å². The van der Waals surface area contributed by atoms with Gasteiger partial charge in [-0.15, -0.1) is 4.33 Å². The summed E-state index contributed by atoms with van der Waals surface area (Å²) in [6, 6.07) is 50.7. The molecule has 12 nitrogen and oxygen atoms in total. The summed E-state index contributed by atoms with van der Waals surface area (Å²) >= 11 is 0.670. The molecule has 2 N–H and O–H groups in total. The molecule has 8 rings (SSSR count). The van der Waals surface area contributed by atoms with Gasteiger partial charge in [0.2, 0.25) is 19.7 Å². The van der Waals surface area contributed by atoms with Gasteiger partial charge in [0.1, 0.15) is 27.9 Å². The van der Waals surface area contributed by atoms with E-state index >= 15 is 0 Å². The van der Waals surface area contributed by atoms with Gasteiger partial charge in [-0.2, -0.15) is 8.42 Å². The summed E-state index contributed by atoms with van der Waals surface area (Å²) in [5.41, 5.74) is 5.36. The highest BCUT2D eigenvalue weighted by atomic mass is 32.2. The van der Waals surface area contributed by atoms with E-state index in [0.29, 0.717) is 56.6 Å². The molecule has 0 unspecified atom stereocenters. The second-order valence-electron chi connectivity index (χ2n) is 17.0. The predicted molar refractivity (Wildman–Crippen MR) is 266 cm³/mol. The van der Waals surface area contributed by atoms with Crippen molar-refractivity contribution in [1.29, 1.82) is 0 Å². The fourth-order valence-corrected chi connectivity index (χ4v) is 11.7. The molecule has 8 aromatic rings. The minimum atomic E-state index is -4.69. The SMILES string of the molecule is Cc1ccc(S(=O)(=O)c2ccc(Oc3ccc(C(C)(C)c4ccc(Oc5ccc(S(=O)(=O)c6ccc(Cc7ccc(-c8ccc(C)cc8SOOO)c(S(=O)(=O)O)c7)cc6)cc5)cc4)cc3)cc2)cc1. The van der Waals surface area contributed by atoms with Crippen LogP contribution in [0.25, 0.3) is 11.1 Å². The largest absolute Gasteiger partial charge is 0.457 e. The highest BCUT2D eigenvalue weighted by Crippen LogP contribution is 2.38. The lowest BCUT2D eigenvalue weighted by Gasteiger charge is -2.26. The Kier molecular flexibility index (Phi) is 14.5. The van der Waals surface area contributed by atoms with Gasteiger partial charge in [0.25, 0.3) is 10.1 Å². The van der Waals surface area contributed by atoms with E-state index in [2.05, 4.69) is 23.2 Å². The molecule has 0 atom stereocenters. The molecule has 0 spiro atoms. The van der Waals surface area contributed by atoms with Crippen LogP contribution in [0.5, 0.6) is 23.0 Å². The third-order valence-electron chi connectivity index (χ3n) is 11.8. The molecule has 0 aromatic heterocycles. The molecule has 0 bridgehead atoms. The number of aryl methyl sites for hydroxylation is 2. The average molecular weight is 1020 g/mol. The van der Waals surface area contributed by atoms with Gasteiger partial charge in [0.15, 0.2) is 0 Å². The van der Waals surface area contributed by atoms with E-state index in [1.54, 1.807) is 91.0 Å². The minimum absolute atomic E-state index is 0.0664. The first-order valence-corrected chi connectivity index (χ1v) is 26.7. The van der Waals surface area contributed by atoms with E-state index in [0.717, 1.165) is 22.3 Å². The van der Waals surface area contributed by atoms with E-state index < -0.39 is 35.2 Å². The van der Waals surface area contributed by atoms with Gasteiger partial charge >= 0.3 is 0 Å². The van der Waals surface area contributed by atoms with Crippen LogP contribution in [0.2, 0.25) is 0 Å². The van der Waals surface area contributed by atoms with Crippen molar-refractivity contribution >= 4 is 41.8 Å². The fourth-order valence-electron chi connectivity index (χ4n) is 7.79. The molecule has 0 saturated carbocycles. The van der Waals surface area contributed by atoms with E-state index in [1.165, 1.54) is 42.5 Å². The quantitative estimate of drug-likeness (QED) is 0.0381. The van der Waals surface area contributed by atoms with Gasteiger partial charge < -0.3 is 9.47 Å². The van der Waals surface area contributed by atoms with Crippen molar-refractivity contribution in [2.75, 3.05) is 0 Å². The number of benzene rings is 8. The summed E-state index contributed by atoms with van der Waals surface area (Å²) in [7, 11) is -12.3. The Morgan fingerprint density at radius 2 is 0.857 bits per heavy atom. The van der Waals surface area contributed by atoms with Crippen molar-refractivity contribution in [2.24, 2.45) is 0 Å². The average Bonchev–Trinajstić information content (AvgIpc) is 3.34. The molecule has 0 aliphatic carbocycles. The third-order valence-corrected chi connectivity index (χ3v) is 16.9. The third kappa shape index (κ3) is 11.2. The van der Waals surface area contributed by atoms with Gasteiger partial charge in [0.05, 0.1) is 31.6 Å². The summed E-state index contributed by atoms with van der Waals surface area (Å²) in [4.78, 5) is 0.653. The van der Waals surface area contributed by atoms with E-state index in [-0.39, 0.29) is 36.5 Å². The molecule has 0 aliphatic heterocycles. The maximum atomic E-state index is 13.7. The Hall–Kier alpha value is -6.60. The van der Waals surface area contributed by atoms with Crippen LogP contribution in [0.3, 0.4) is 0 Å². The first kappa shape index (κ1) is 49.8. The number of hydrogen-bond donors (Lipinski definition) is 2. The van der Waals surface area contributed by atoms with Gasteiger partial charge in [-0.25, -0.2) is 22.1 Å². The monoisotopic (exact) mass is 1010 g/mol. The first-order chi connectivity index (χ1) is 33.3. The molecule has 0 saturated heterocycles. The van der Waals surface area contributed by atoms with Gasteiger partial charge in [-0.05, 0) is 163 Å². The normalized spacial score (nSPS) is 12.1. The molecular weight excluding hydrogens is 969 g/mol. The predicted octanol–water partition coefficient (Wildman–Crippen LogP) is 12.8. The van der Waals surface area contributed by atoms with Crippen molar-refractivity contribution in [3.63, 3.8) is 0 Å². The Balaban J connectivity index is 0.881. The molecule has 0 radical (unpaired) electrons. The summed E-state index contributed by atoms with van der Waals surface area (Å²) < 4.78 is 106. The molecular formula is C54H46O12S4. The van der Waals surface area contributed by atoms with E-state index in [9.17, 15) is 29.8 Å². The standard InChI is InChI=1S/C54H46O12S4/c1-36-5-23-46(24-6-36)68(56,57)48-27-19-44(20-28-48)63-42-15-11-40(12-16-42)54(3,4)41-13-17-43(18-14-41)64-45-21-29-49(30-22-45)69(58,59)47-25-8-38(9-26-47)34-39-10-32-51(53(35-39)70(60,61)62)50-31-7-37(2)33-52(50)67-66-65-55/h5-33,35,55H,34H2,1-4H3,(H,60,61,62). The molecule has 0 amide bonds. The molecule has 70 heavy (non-hydrogen) atoms. The molecule has 0 heterocycles. The van der Waals surface area contributed by atoms with Crippen LogP contribution < -0.4 is 9.47 Å². The molecule has 16 heteroatoms. The topological polar surface area (TPSA) is 180 Å². The second-order valence-corrected chi connectivity index (χ2v) is 23.0. The highest BCUT2D eigenvalue weighted by molar-refractivity contribution is 7.94. The van der Waals surface area contributed by atoms with Crippen LogP contribution in [-0.2, 0) is 51.0 Å². The number of hydrogen-bond acceptors (Lipinski definition) is 12. The zero-order valence-corrected chi connectivity index (χ0v) is 41.4. The van der Waals surface area contributed by atoms with Crippen LogP contribution in [0.4, 0.5) is 0 Å². The minimum Gasteiger partial charge on any atom is -0.457 e. The van der Waals surface area contributed by atoms with Crippen LogP contribution in [0, 0.1) is 13.8 Å². The molecule has 0 aliphatic rings. The van der Waals surface area contributed by atoms with Crippen molar-refractivity contribution < 1.29 is 53.9 Å². The maximum Gasteiger partial charge on any atom is 0.295 e. The summed E-state index contributed by atoms with van der Waals surface area (Å²) in [6.07, 6.45) is 0.235. The number of ether oxygens (including phenoxy) is 2. The maximum absolute atomic E-state index is 13.7. The summed E-state index contributed by atoms with van der Waals surface area (Å²) in [5.74, 6) is 2.11. The Labute approximate surface area is 411 Å². The summed E-state index contributed by atoms with van der Waals surface area (Å²) in [5, 5.41) is 12.4. The van der Waals surface area contributed by atoms with Crippen LogP contribution in [0.1, 0.15) is 47.2 Å². The Bertz CT molecular complexity index is 3490. The van der Waals surface area contributed by atoms with E-state index in [4.69, 9.17) is 14.7 Å². The van der Waals surface area contributed by atoms with E-state index in [1.807, 2.05) is 62.4 Å². The van der Waals surface area contributed by atoms with Gasteiger partial charge in [0, 0.05) is 15.9 Å². The number of rotatable bonds is 17. The summed E-state index contributed by atoms with van der Waals surface area (Å²) in [6.45, 7) is 7.94. The smallest absolute Gasteiger partial charge is 0.295 e. The van der Waals surface area contributed by atoms with Gasteiger partial charge in [-0.3, -0.25) is 4.55 Å². The van der Waals surface area contributed by atoms with Crippen molar-refractivity contribution in [3.8, 4) is 34.1 Å². The highest BCUT2D eigenvalue weighted by Gasteiger charge is 2.25. The Morgan fingerprint density at radius 3 is 1.30 bits per heavy atom. The zero-order valence-electron chi connectivity index (χ0n) is 38.1. The number of sulfone groups is 2. The fraction of sp³-hybridized carbons (Fsp3) is 0.111. The van der Waals surface area contributed by atoms with Crippen molar-refractivity contribution in [1.82, 2.24) is 0 Å². The molecule has 358 valence electrons. The molecule has 0 fully saturated rings. The van der Waals surface area contributed by atoms with Crippen LogP contribution in [-0.4, -0.2) is 35.1 Å². The molecule has 8 aromatic carbocycles. The lowest BCUT2D eigenvalue weighted by Crippen LogP contribution is -2.18. The second kappa shape index (κ2) is 20.4. The van der Waals surface area contributed by atoms with Crippen LogP contribution >= 0.6 is 12.0 Å².